The number of hydrogen-bond acceptors (Lipinski definition) is 1. The number of aliphatic hydroxyl groups excluding tert-OH is 1. The first-order valence-electron chi connectivity index (χ1n) is 3.21. The molecule has 1 atom stereocenters. The van der Waals surface area contributed by atoms with Crippen LogP contribution in [0.1, 0.15) is 13.8 Å². The van der Waals surface area contributed by atoms with Crippen molar-refractivity contribution in [3.05, 3.63) is 12.3 Å². The van der Waals surface area contributed by atoms with Gasteiger partial charge in [0, 0.05) is 0 Å². The van der Waals surface area contributed by atoms with Gasteiger partial charge in [-0.3, -0.25) is 0 Å². The molecule has 0 saturated heterocycles. The predicted molar refractivity (Wildman–Crippen MR) is 36.2 cm³/mol. The van der Waals surface area contributed by atoms with Crippen LogP contribution in [0.3, 0.4) is 0 Å². The summed E-state index contributed by atoms with van der Waals surface area (Å²) in [5, 5.41) is 8.60. The summed E-state index contributed by atoms with van der Waals surface area (Å²) in [6.45, 7) is 5.66. The second kappa shape index (κ2) is 3.15. The topological polar surface area (TPSA) is 20.2 Å². The van der Waals surface area contributed by atoms with E-state index in [4.69, 9.17) is 5.11 Å². The summed E-state index contributed by atoms with van der Waals surface area (Å²) in [6.07, 6.45) is -4.39. The van der Waals surface area contributed by atoms with Gasteiger partial charge in [0.1, 0.15) is 5.92 Å². The SMILES string of the molecule is C=C(O)C(C(C)C)C(F)(F)F. The van der Waals surface area contributed by atoms with Crippen molar-refractivity contribution in [2.45, 2.75) is 20.0 Å². The summed E-state index contributed by atoms with van der Waals surface area (Å²) in [7, 11) is 0. The zero-order chi connectivity index (χ0) is 9.23. The molecule has 0 bridgehead atoms. The summed E-state index contributed by atoms with van der Waals surface area (Å²) < 4.78 is 36.0. The van der Waals surface area contributed by atoms with Crippen LogP contribution in [0.15, 0.2) is 12.3 Å². The first kappa shape index (κ1) is 10.3. The van der Waals surface area contributed by atoms with E-state index in [-0.39, 0.29) is 0 Å². The molecule has 0 aliphatic heterocycles. The van der Waals surface area contributed by atoms with Crippen LogP contribution in [0.2, 0.25) is 0 Å². The summed E-state index contributed by atoms with van der Waals surface area (Å²) in [5.74, 6) is -3.29. The Morgan fingerprint density at radius 3 is 1.73 bits per heavy atom. The second-order valence-corrected chi connectivity index (χ2v) is 2.75. The van der Waals surface area contributed by atoms with Gasteiger partial charge in [-0.15, -0.1) is 0 Å². The van der Waals surface area contributed by atoms with Gasteiger partial charge in [-0.2, -0.15) is 13.2 Å². The third-order valence-electron chi connectivity index (χ3n) is 1.38. The molecule has 0 aliphatic carbocycles. The molecule has 0 rings (SSSR count). The molecular formula is C7H11F3O. The summed E-state index contributed by atoms with van der Waals surface area (Å²) in [4.78, 5) is 0. The molecule has 0 spiro atoms. The monoisotopic (exact) mass is 168 g/mol. The lowest BCUT2D eigenvalue weighted by molar-refractivity contribution is -0.181. The number of aliphatic hydroxyl groups is 1. The Morgan fingerprint density at radius 2 is 1.73 bits per heavy atom. The smallest absolute Gasteiger partial charge is 0.398 e. The van der Waals surface area contributed by atoms with E-state index < -0.39 is 23.8 Å². The van der Waals surface area contributed by atoms with E-state index in [0.29, 0.717) is 0 Å². The van der Waals surface area contributed by atoms with Gasteiger partial charge in [0.2, 0.25) is 0 Å². The molecule has 0 heterocycles. The molecule has 0 saturated carbocycles. The molecule has 0 aromatic rings. The molecule has 1 N–H and O–H groups in total. The quantitative estimate of drug-likeness (QED) is 0.628. The molecule has 0 radical (unpaired) electrons. The highest BCUT2D eigenvalue weighted by Crippen LogP contribution is 2.35. The molecule has 11 heavy (non-hydrogen) atoms. The van der Waals surface area contributed by atoms with Gasteiger partial charge < -0.3 is 5.11 Å². The normalized spacial score (nSPS) is 15.1. The van der Waals surface area contributed by atoms with Crippen molar-refractivity contribution >= 4 is 0 Å². The van der Waals surface area contributed by atoms with Crippen LogP contribution < -0.4 is 0 Å². The Morgan fingerprint density at radius 1 is 1.36 bits per heavy atom. The van der Waals surface area contributed by atoms with Gasteiger partial charge in [-0.25, -0.2) is 0 Å². The first-order chi connectivity index (χ1) is 4.76. The number of halogens is 3. The van der Waals surface area contributed by atoms with Gasteiger partial charge in [-0.05, 0) is 5.92 Å². The van der Waals surface area contributed by atoms with Crippen LogP contribution >= 0.6 is 0 Å². The highest BCUT2D eigenvalue weighted by Gasteiger charge is 2.43. The van der Waals surface area contributed by atoms with Gasteiger partial charge in [-0.1, -0.05) is 20.4 Å². The Balaban J connectivity index is 4.49. The summed E-state index contributed by atoms with van der Waals surface area (Å²) >= 11 is 0. The molecule has 0 aromatic heterocycles. The van der Waals surface area contributed by atoms with E-state index >= 15 is 0 Å². The summed E-state index contributed by atoms with van der Waals surface area (Å²) in [6, 6.07) is 0. The predicted octanol–water partition coefficient (Wildman–Crippen LogP) is 2.89. The molecule has 4 heteroatoms. The highest BCUT2D eigenvalue weighted by molar-refractivity contribution is 4.94. The maximum Gasteiger partial charge on any atom is 0.398 e. The van der Waals surface area contributed by atoms with Gasteiger partial charge in [0.25, 0.3) is 0 Å². The minimum atomic E-state index is -4.39. The van der Waals surface area contributed by atoms with E-state index in [1.54, 1.807) is 0 Å². The van der Waals surface area contributed by atoms with Crippen molar-refractivity contribution in [1.82, 2.24) is 0 Å². The average molecular weight is 168 g/mol. The van der Waals surface area contributed by atoms with Crippen molar-refractivity contribution in [2.24, 2.45) is 11.8 Å². The van der Waals surface area contributed by atoms with Crippen molar-refractivity contribution in [3.63, 3.8) is 0 Å². The Kier molecular flexibility index (Phi) is 2.96. The molecule has 0 aromatic carbocycles. The van der Waals surface area contributed by atoms with Gasteiger partial charge in [0.15, 0.2) is 0 Å². The lowest BCUT2D eigenvalue weighted by atomic mass is 9.94. The van der Waals surface area contributed by atoms with Crippen LogP contribution in [0.4, 0.5) is 13.2 Å². The standard InChI is InChI=1S/C7H11F3O/c1-4(2)6(5(3)11)7(8,9)10/h4,6,11H,3H2,1-2H3. The fourth-order valence-electron chi connectivity index (χ4n) is 0.952. The summed E-state index contributed by atoms with van der Waals surface area (Å²) in [5.41, 5.74) is 0. The fraction of sp³-hybridized carbons (Fsp3) is 0.714. The second-order valence-electron chi connectivity index (χ2n) is 2.75. The van der Waals surface area contributed by atoms with E-state index in [1.165, 1.54) is 13.8 Å². The minimum absolute atomic E-state index is 0.674. The van der Waals surface area contributed by atoms with Crippen LogP contribution in [-0.4, -0.2) is 11.3 Å². The molecule has 66 valence electrons. The maximum atomic E-state index is 12.0. The molecule has 1 nitrogen and oxygen atoms in total. The fourth-order valence-corrected chi connectivity index (χ4v) is 0.952. The minimum Gasteiger partial charge on any atom is -0.512 e. The lowest BCUT2D eigenvalue weighted by Crippen LogP contribution is -2.29. The van der Waals surface area contributed by atoms with E-state index in [1.807, 2.05) is 0 Å². The molecule has 0 aliphatic rings. The largest absolute Gasteiger partial charge is 0.512 e. The van der Waals surface area contributed by atoms with Gasteiger partial charge >= 0.3 is 6.18 Å². The highest BCUT2D eigenvalue weighted by atomic mass is 19.4. The third kappa shape index (κ3) is 2.82. The van der Waals surface area contributed by atoms with E-state index in [9.17, 15) is 13.2 Å². The number of allylic oxidation sites excluding steroid dienone is 1. The van der Waals surface area contributed by atoms with Gasteiger partial charge in [0.05, 0.1) is 5.76 Å². The van der Waals surface area contributed by atoms with Crippen LogP contribution in [-0.2, 0) is 0 Å². The van der Waals surface area contributed by atoms with E-state index in [2.05, 4.69) is 6.58 Å². The van der Waals surface area contributed by atoms with Crippen LogP contribution in [0, 0.1) is 11.8 Å². The van der Waals surface area contributed by atoms with Crippen molar-refractivity contribution in [2.75, 3.05) is 0 Å². The molecular weight excluding hydrogens is 157 g/mol. The number of alkyl halides is 3. The van der Waals surface area contributed by atoms with Crippen LogP contribution in [0.5, 0.6) is 0 Å². The average Bonchev–Trinajstić information content (AvgIpc) is 1.54. The van der Waals surface area contributed by atoms with Crippen molar-refractivity contribution < 1.29 is 18.3 Å². The van der Waals surface area contributed by atoms with Crippen molar-refractivity contribution in [1.29, 1.82) is 0 Å². The zero-order valence-electron chi connectivity index (χ0n) is 6.44. The van der Waals surface area contributed by atoms with E-state index in [0.717, 1.165) is 0 Å². The molecule has 0 fully saturated rings. The molecule has 1 unspecified atom stereocenters. The van der Waals surface area contributed by atoms with Crippen molar-refractivity contribution in [3.8, 4) is 0 Å². The first-order valence-corrected chi connectivity index (χ1v) is 3.21. The molecule has 0 amide bonds. The third-order valence-corrected chi connectivity index (χ3v) is 1.38. The number of hydrogen-bond donors (Lipinski definition) is 1. The Bertz CT molecular complexity index is 148. The maximum absolute atomic E-state index is 12.0. The zero-order valence-corrected chi connectivity index (χ0v) is 6.44. The lowest BCUT2D eigenvalue weighted by Gasteiger charge is -2.22. The Hall–Kier alpha value is -0.670. The van der Waals surface area contributed by atoms with Crippen LogP contribution in [0.25, 0.3) is 0 Å². The Labute approximate surface area is 63.5 Å². The number of rotatable bonds is 2.